The van der Waals surface area contributed by atoms with Crippen molar-refractivity contribution in [3.8, 4) is 0 Å². The van der Waals surface area contributed by atoms with Crippen molar-refractivity contribution in [2.45, 2.75) is 0 Å². The Hall–Kier alpha value is -1.30. The van der Waals surface area contributed by atoms with Crippen molar-refractivity contribution in [2.75, 3.05) is 0 Å². The predicted molar refractivity (Wildman–Crippen MR) is 82.9 cm³/mol. The number of hydrogen-bond donors (Lipinski definition) is 0. The van der Waals surface area contributed by atoms with Crippen LogP contribution in [0.1, 0.15) is 0 Å². The van der Waals surface area contributed by atoms with Crippen LogP contribution in [0.2, 0.25) is 0 Å². The van der Waals surface area contributed by atoms with Crippen LogP contribution in [0.3, 0.4) is 0 Å². The van der Waals surface area contributed by atoms with Gasteiger partial charge in [-0.25, -0.2) is 0 Å². The summed E-state index contributed by atoms with van der Waals surface area (Å²) >= 11 is -3.96. The first-order valence-corrected chi connectivity index (χ1v) is 17.6. The van der Waals surface area contributed by atoms with Gasteiger partial charge in [0.2, 0.25) is 0 Å². The fraction of sp³-hybridized carbons (Fsp3) is 0. The number of rotatable bonds is 4. The van der Waals surface area contributed by atoms with E-state index in [0.29, 0.717) is 6.54 Å². The van der Waals surface area contributed by atoms with Crippen molar-refractivity contribution < 1.29 is 9.85 Å². The van der Waals surface area contributed by atoms with E-state index in [0.717, 1.165) is 0 Å². The molecule has 0 N–H and O–H groups in total. The third kappa shape index (κ3) is 3.48. The molecule has 6 nitrogen and oxygen atoms in total. The van der Waals surface area contributed by atoms with Gasteiger partial charge >= 0.3 is 131 Å². The Labute approximate surface area is 131 Å². The van der Waals surface area contributed by atoms with Gasteiger partial charge in [-0.1, -0.05) is 0 Å². The minimum atomic E-state index is -3.96. The van der Waals surface area contributed by atoms with Crippen molar-refractivity contribution in [3.05, 3.63) is 68.8 Å². The van der Waals surface area contributed by atoms with Crippen LogP contribution in [0, 0.1) is 20.2 Å². The Kier molecular flexibility index (Phi) is 4.76. The molecule has 1 radical (unpaired) electrons. The van der Waals surface area contributed by atoms with Crippen LogP contribution in [0.4, 0.5) is 11.4 Å². The molecule has 9 heteroatoms. The Morgan fingerprint density at radius 1 is 0.714 bits per heavy atom. The van der Waals surface area contributed by atoms with Crippen LogP contribution < -0.4 is 6.54 Å². The number of benzene rings is 2. The second kappa shape index (κ2) is 6.22. The van der Waals surface area contributed by atoms with Crippen LogP contribution >= 0.6 is 17.0 Å². The van der Waals surface area contributed by atoms with Gasteiger partial charge in [-0.15, -0.1) is 0 Å². The van der Waals surface area contributed by atoms with E-state index in [1.54, 1.807) is 0 Å². The molecule has 0 bridgehead atoms. The van der Waals surface area contributed by atoms with Gasteiger partial charge in [-0.2, -0.15) is 0 Å². The molecule has 21 heavy (non-hydrogen) atoms. The summed E-state index contributed by atoms with van der Waals surface area (Å²) in [6.07, 6.45) is 0. The Balaban J connectivity index is 2.36. The number of nitro groups is 2. The number of nitro benzene ring substituents is 2. The Bertz CT molecular complexity index is 630. The summed E-state index contributed by atoms with van der Waals surface area (Å²) in [5.74, 6) is 0. The molecule has 0 aromatic heterocycles. The maximum absolute atomic E-state index is 10.6. The SMILES string of the molecule is O=[N+]([O-])c1cc[c]([Bi]([Cl])([Cl])[c]2ccc([N+](=O)[O-])cc2)cc1. The topological polar surface area (TPSA) is 86.3 Å². The van der Waals surface area contributed by atoms with Crippen LogP contribution in [-0.2, 0) is 0 Å². The average molecular weight is 524 g/mol. The molecule has 0 fully saturated rings. The molecule has 0 heterocycles. The van der Waals surface area contributed by atoms with Crippen molar-refractivity contribution in [3.63, 3.8) is 0 Å². The molecule has 0 unspecified atom stereocenters. The zero-order chi connectivity index (χ0) is 15.6. The molecule has 0 spiro atoms. The normalized spacial score (nSPS) is 11.1. The number of non-ortho nitro benzene ring substituents is 2. The molecule has 0 aliphatic heterocycles. The molecule has 0 aliphatic carbocycles. The molecule has 0 saturated heterocycles. The van der Waals surface area contributed by atoms with E-state index in [9.17, 15) is 20.2 Å². The van der Waals surface area contributed by atoms with Gasteiger partial charge in [0.1, 0.15) is 0 Å². The van der Waals surface area contributed by atoms with Gasteiger partial charge in [0.25, 0.3) is 0 Å². The number of hydrogen-bond acceptors (Lipinski definition) is 4. The molecule has 0 saturated carbocycles. The summed E-state index contributed by atoms with van der Waals surface area (Å²) in [4.78, 5) is 20.2. The van der Waals surface area contributed by atoms with E-state index in [1.807, 2.05) is 0 Å². The predicted octanol–water partition coefficient (Wildman–Crippen LogP) is 2.54. The fourth-order valence-electron chi connectivity index (χ4n) is 1.67. The number of nitrogens with zero attached hydrogens (tertiary/aromatic N) is 2. The molecule has 0 amide bonds. The first kappa shape index (κ1) is 16.1. The van der Waals surface area contributed by atoms with Crippen LogP contribution in [-0.4, -0.2) is 27.7 Å². The van der Waals surface area contributed by atoms with Crippen molar-refractivity contribution in [2.24, 2.45) is 0 Å². The zero-order valence-electron chi connectivity index (χ0n) is 10.3. The summed E-state index contributed by atoms with van der Waals surface area (Å²) in [7, 11) is 13.0. The van der Waals surface area contributed by atoms with Crippen molar-refractivity contribution in [1.82, 2.24) is 0 Å². The molecule has 2 aromatic carbocycles. The van der Waals surface area contributed by atoms with Crippen molar-refractivity contribution in [1.29, 1.82) is 0 Å². The summed E-state index contributed by atoms with van der Waals surface area (Å²) in [5, 5.41) is 21.3. The van der Waals surface area contributed by atoms with Crippen molar-refractivity contribution >= 4 is 52.8 Å². The van der Waals surface area contributed by atoms with Gasteiger partial charge in [-0.05, 0) is 0 Å². The third-order valence-corrected chi connectivity index (χ3v) is 17.0. The molecule has 0 atom stereocenters. The van der Waals surface area contributed by atoms with E-state index in [2.05, 4.69) is 0 Å². The maximum atomic E-state index is 10.6. The van der Waals surface area contributed by atoms with Gasteiger partial charge in [0.05, 0.1) is 0 Å². The standard InChI is InChI=1S/2C6H4NO2.Bi.2ClH/c2*8-7(9)6-4-2-1-3-5-6;;;/h2*2-5H;;2*1H/q;;+2;;/p-2. The van der Waals surface area contributed by atoms with E-state index in [4.69, 9.17) is 17.0 Å². The molecule has 2 aromatic rings. The quantitative estimate of drug-likeness (QED) is 0.350. The van der Waals surface area contributed by atoms with E-state index in [-0.39, 0.29) is 11.4 Å². The number of halogens is 2. The fourth-order valence-corrected chi connectivity index (χ4v) is 10.9. The molecular weight excluding hydrogens is 516 g/mol. The monoisotopic (exact) mass is 523 g/mol. The summed E-state index contributed by atoms with van der Waals surface area (Å²) in [6, 6.07) is 11.5. The van der Waals surface area contributed by atoms with Gasteiger partial charge in [0.15, 0.2) is 0 Å². The zero-order valence-corrected chi connectivity index (χ0v) is 15.3. The molecular formula is C12H8BiCl2N2O4. The molecule has 2 rings (SSSR count). The van der Waals surface area contributed by atoms with Crippen LogP contribution in [0.25, 0.3) is 0 Å². The summed E-state index contributed by atoms with van der Waals surface area (Å²) in [5.41, 5.74) is -0.0856. The average Bonchev–Trinajstić information content (AvgIpc) is 2.47. The third-order valence-electron chi connectivity index (χ3n) is 2.77. The Morgan fingerprint density at radius 3 is 1.24 bits per heavy atom. The van der Waals surface area contributed by atoms with Gasteiger partial charge in [0, 0.05) is 0 Å². The summed E-state index contributed by atoms with van der Waals surface area (Å²) in [6.45, 7) is 0. The summed E-state index contributed by atoms with van der Waals surface area (Å²) < 4.78 is 1.30. The van der Waals surface area contributed by atoms with Crippen LogP contribution in [0.15, 0.2) is 48.5 Å². The minimum absolute atomic E-state index is 0.0428. The Morgan fingerprint density at radius 2 is 1.00 bits per heavy atom. The van der Waals surface area contributed by atoms with Crippen LogP contribution in [0.5, 0.6) is 0 Å². The van der Waals surface area contributed by atoms with E-state index < -0.39 is 27.7 Å². The molecule has 0 aliphatic rings. The first-order valence-electron chi connectivity index (χ1n) is 5.61. The second-order valence-corrected chi connectivity index (χ2v) is 22.5. The van der Waals surface area contributed by atoms with E-state index in [1.165, 1.54) is 48.5 Å². The van der Waals surface area contributed by atoms with Gasteiger partial charge < -0.3 is 0 Å². The first-order chi connectivity index (χ1) is 9.82. The van der Waals surface area contributed by atoms with E-state index >= 15 is 0 Å². The van der Waals surface area contributed by atoms with Gasteiger partial charge in [-0.3, -0.25) is 0 Å². The molecule has 109 valence electrons. The second-order valence-electron chi connectivity index (χ2n) is 4.06.